The highest BCUT2D eigenvalue weighted by Gasteiger charge is 2.51. The quantitative estimate of drug-likeness (QED) is 0.726. The lowest BCUT2D eigenvalue weighted by atomic mass is 9.76. The number of carboxylic acids is 1. The lowest BCUT2D eigenvalue weighted by Gasteiger charge is -2.38. The summed E-state index contributed by atoms with van der Waals surface area (Å²) in [6, 6.07) is 16.1. The third-order valence-corrected chi connectivity index (χ3v) is 4.29. The number of benzene rings is 2. The predicted octanol–water partition coefficient (Wildman–Crippen LogP) is 2.70. The van der Waals surface area contributed by atoms with Crippen LogP contribution in [0.2, 0.25) is 0 Å². The van der Waals surface area contributed by atoms with E-state index in [2.05, 4.69) is 0 Å². The van der Waals surface area contributed by atoms with Crippen molar-refractivity contribution in [1.29, 1.82) is 0 Å². The standard InChI is InChI=1S/C19H22O5/c1-3-19(23,18(2,22)17(20)21)15-10-7-11-16(12-15)24-13-14-8-5-4-6-9-14/h4-12,22-23H,3,13H2,1-2H3,(H,20,21)/t18-,19+/m0/s1. The summed E-state index contributed by atoms with van der Waals surface area (Å²) in [4.78, 5) is 11.4. The maximum atomic E-state index is 11.4. The van der Waals surface area contributed by atoms with Crippen molar-refractivity contribution in [2.24, 2.45) is 0 Å². The molecule has 0 amide bonds. The summed E-state index contributed by atoms with van der Waals surface area (Å²) >= 11 is 0. The molecular formula is C19H22O5. The number of ether oxygens (including phenoxy) is 1. The first kappa shape index (κ1) is 18.0. The van der Waals surface area contributed by atoms with Crippen LogP contribution in [0, 0.1) is 0 Å². The van der Waals surface area contributed by atoms with Crippen molar-refractivity contribution in [3.05, 3.63) is 65.7 Å². The summed E-state index contributed by atoms with van der Waals surface area (Å²) in [6.45, 7) is 3.06. The summed E-state index contributed by atoms with van der Waals surface area (Å²) < 4.78 is 5.71. The third kappa shape index (κ3) is 3.42. The van der Waals surface area contributed by atoms with Crippen LogP contribution < -0.4 is 4.74 Å². The van der Waals surface area contributed by atoms with Crippen molar-refractivity contribution in [1.82, 2.24) is 0 Å². The Morgan fingerprint density at radius 3 is 2.33 bits per heavy atom. The van der Waals surface area contributed by atoms with E-state index in [9.17, 15) is 20.1 Å². The summed E-state index contributed by atoms with van der Waals surface area (Å²) in [5, 5.41) is 30.3. The van der Waals surface area contributed by atoms with E-state index in [-0.39, 0.29) is 6.42 Å². The molecule has 0 unspecified atom stereocenters. The first-order chi connectivity index (χ1) is 11.3. The molecular weight excluding hydrogens is 308 g/mol. The van der Waals surface area contributed by atoms with E-state index in [0.29, 0.717) is 17.9 Å². The molecule has 128 valence electrons. The topological polar surface area (TPSA) is 87.0 Å². The SMILES string of the molecule is CC[C@@](O)(c1cccc(OCc2ccccc2)c1)[C@@](C)(O)C(=O)O. The normalized spacial score (nSPS) is 16.0. The molecule has 0 saturated heterocycles. The molecule has 5 nitrogen and oxygen atoms in total. The maximum Gasteiger partial charge on any atom is 0.338 e. The molecule has 0 fully saturated rings. The Kier molecular flexibility index (Phi) is 5.26. The van der Waals surface area contributed by atoms with Gasteiger partial charge in [0.2, 0.25) is 0 Å². The van der Waals surface area contributed by atoms with Crippen molar-refractivity contribution in [2.45, 2.75) is 38.1 Å². The summed E-state index contributed by atoms with van der Waals surface area (Å²) in [6.07, 6.45) is 0.0361. The number of aliphatic hydroxyl groups is 2. The molecule has 0 heterocycles. The number of rotatable bonds is 7. The van der Waals surface area contributed by atoms with Gasteiger partial charge in [-0.25, -0.2) is 4.79 Å². The zero-order valence-corrected chi connectivity index (χ0v) is 13.8. The predicted molar refractivity (Wildman–Crippen MR) is 89.7 cm³/mol. The molecule has 3 N–H and O–H groups in total. The van der Waals surface area contributed by atoms with E-state index in [1.165, 1.54) is 0 Å². The molecule has 0 spiro atoms. The fourth-order valence-corrected chi connectivity index (χ4v) is 2.59. The largest absolute Gasteiger partial charge is 0.489 e. The second kappa shape index (κ2) is 7.03. The lowest BCUT2D eigenvalue weighted by molar-refractivity contribution is -0.192. The van der Waals surface area contributed by atoms with Crippen LogP contribution in [0.5, 0.6) is 5.75 Å². The van der Waals surface area contributed by atoms with E-state index in [4.69, 9.17) is 4.74 Å². The second-order valence-electron chi connectivity index (χ2n) is 5.89. The monoisotopic (exact) mass is 330 g/mol. The molecule has 0 radical (unpaired) electrons. The number of aliphatic carboxylic acids is 1. The van der Waals surface area contributed by atoms with Gasteiger partial charge in [0.15, 0.2) is 5.60 Å². The van der Waals surface area contributed by atoms with Crippen molar-refractivity contribution in [2.75, 3.05) is 0 Å². The molecule has 0 saturated carbocycles. The molecule has 24 heavy (non-hydrogen) atoms. The van der Waals surface area contributed by atoms with Gasteiger partial charge in [-0.05, 0) is 36.6 Å². The zero-order valence-electron chi connectivity index (χ0n) is 13.8. The van der Waals surface area contributed by atoms with E-state index >= 15 is 0 Å². The van der Waals surface area contributed by atoms with Gasteiger partial charge in [0.05, 0.1) is 0 Å². The van der Waals surface area contributed by atoms with Gasteiger partial charge in [0, 0.05) is 0 Å². The van der Waals surface area contributed by atoms with E-state index in [1.807, 2.05) is 30.3 Å². The average molecular weight is 330 g/mol. The number of carbonyl (C=O) groups is 1. The highest BCUT2D eigenvalue weighted by molar-refractivity contribution is 5.79. The number of hydrogen-bond donors (Lipinski definition) is 3. The average Bonchev–Trinajstić information content (AvgIpc) is 2.60. The Morgan fingerprint density at radius 2 is 1.75 bits per heavy atom. The molecule has 0 bridgehead atoms. The minimum Gasteiger partial charge on any atom is -0.489 e. The summed E-state index contributed by atoms with van der Waals surface area (Å²) in [5.41, 5.74) is -2.96. The summed E-state index contributed by atoms with van der Waals surface area (Å²) in [5.74, 6) is -0.994. The Morgan fingerprint density at radius 1 is 1.08 bits per heavy atom. The van der Waals surface area contributed by atoms with Gasteiger partial charge in [-0.1, -0.05) is 49.4 Å². The molecule has 0 aliphatic rings. The zero-order chi connectivity index (χ0) is 17.8. The Balaban J connectivity index is 2.26. The van der Waals surface area contributed by atoms with Gasteiger partial charge >= 0.3 is 5.97 Å². The maximum absolute atomic E-state index is 11.4. The van der Waals surface area contributed by atoms with E-state index in [0.717, 1.165) is 12.5 Å². The van der Waals surface area contributed by atoms with E-state index < -0.39 is 17.2 Å². The fraction of sp³-hybridized carbons (Fsp3) is 0.316. The highest BCUT2D eigenvalue weighted by Crippen LogP contribution is 2.37. The second-order valence-corrected chi connectivity index (χ2v) is 5.89. The molecule has 0 aliphatic heterocycles. The minimum absolute atomic E-state index is 0.0361. The van der Waals surface area contributed by atoms with Gasteiger partial charge in [-0.15, -0.1) is 0 Å². The van der Waals surface area contributed by atoms with Crippen LogP contribution in [-0.4, -0.2) is 26.9 Å². The Labute approximate surface area is 141 Å². The number of carboxylic acid groups (broad SMARTS) is 1. The highest BCUT2D eigenvalue weighted by atomic mass is 16.5. The van der Waals surface area contributed by atoms with Gasteiger partial charge < -0.3 is 20.1 Å². The molecule has 2 atom stereocenters. The van der Waals surface area contributed by atoms with Crippen LogP contribution in [-0.2, 0) is 17.0 Å². The van der Waals surface area contributed by atoms with Crippen molar-refractivity contribution in [3.8, 4) is 5.75 Å². The molecule has 5 heteroatoms. The molecule has 0 aromatic heterocycles. The van der Waals surface area contributed by atoms with Crippen LogP contribution in [0.15, 0.2) is 54.6 Å². The van der Waals surface area contributed by atoms with Crippen LogP contribution in [0.4, 0.5) is 0 Å². The van der Waals surface area contributed by atoms with Crippen LogP contribution >= 0.6 is 0 Å². The van der Waals surface area contributed by atoms with Gasteiger partial charge in [-0.3, -0.25) is 0 Å². The van der Waals surface area contributed by atoms with Crippen LogP contribution in [0.1, 0.15) is 31.4 Å². The molecule has 0 aliphatic carbocycles. The summed E-state index contributed by atoms with van der Waals surface area (Å²) in [7, 11) is 0. The van der Waals surface area contributed by atoms with E-state index in [1.54, 1.807) is 31.2 Å². The van der Waals surface area contributed by atoms with Crippen LogP contribution in [0.3, 0.4) is 0 Å². The fourth-order valence-electron chi connectivity index (χ4n) is 2.59. The third-order valence-electron chi connectivity index (χ3n) is 4.29. The molecule has 2 rings (SSSR count). The minimum atomic E-state index is -2.32. The van der Waals surface area contributed by atoms with Crippen LogP contribution in [0.25, 0.3) is 0 Å². The van der Waals surface area contributed by atoms with Gasteiger partial charge in [0.1, 0.15) is 18.0 Å². The lowest BCUT2D eigenvalue weighted by Crippen LogP contribution is -2.54. The first-order valence-electron chi connectivity index (χ1n) is 7.76. The van der Waals surface area contributed by atoms with Gasteiger partial charge in [-0.2, -0.15) is 0 Å². The Hall–Kier alpha value is -2.37. The van der Waals surface area contributed by atoms with Crippen molar-refractivity contribution >= 4 is 5.97 Å². The van der Waals surface area contributed by atoms with Gasteiger partial charge in [0.25, 0.3) is 0 Å². The Bertz CT molecular complexity index is 696. The van der Waals surface area contributed by atoms with Crippen molar-refractivity contribution < 1.29 is 24.9 Å². The number of hydrogen-bond acceptors (Lipinski definition) is 4. The van der Waals surface area contributed by atoms with Crippen molar-refractivity contribution in [3.63, 3.8) is 0 Å². The molecule has 2 aromatic rings. The first-order valence-corrected chi connectivity index (χ1v) is 7.76. The smallest absolute Gasteiger partial charge is 0.338 e. The molecule has 2 aromatic carbocycles.